The van der Waals surface area contributed by atoms with Crippen molar-refractivity contribution in [1.29, 1.82) is 0 Å². The molecule has 2 aromatic rings. The molecule has 1 aromatic heterocycles. The Kier molecular flexibility index (Phi) is 4.74. The molecule has 1 aromatic carbocycles. The Morgan fingerprint density at radius 1 is 1.31 bits per heavy atom. The van der Waals surface area contributed by atoms with Crippen molar-refractivity contribution in [2.45, 2.75) is 31.4 Å². The Labute approximate surface area is 152 Å². The number of methoxy groups -OCH3 is 1. The smallest absolute Gasteiger partial charge is 0.249 e. The average molecular weight is 378 g/mol. The monoisotopic (exact) mass is 378 g/mol. The van der Waals surface area contributed by atoms with Crippen molar-refractivity contribution in [1.82, 2.24) is 15.2 Å². The Balaban J connectivity index is 1.72. The first kappa shape index (κ1) is 18.4. The summed E-state index contributed by atoms with van der Waals surface area (Å²) in [5.74, 6) is 0.788. The zero-order valence-corrected chi connectivity index (χ0v) is 15.8. The number of amides is 1. The Morgan fingerprint density at radius 2 is 1.96 bits per heavy atom. The molecule has 26 heavy (non-hydrogen) atoms. The molecule has 3 rings (SSSR count). The highest BCUT2D eigenvalue weighted by Gasteiger charge is 2.44. The van der Waals surface area contributed by atoms with E-state index in [4.69, 9.17) is 4.74 Å². The van der Waals surface area contributed by atoms with Gasteiger partial charge in [-0.05, 0) is 56.9 Å². The van der Waals surface area contributed by atoms with Gasteiger partial charge in [0.2, 0.25) is 11.9 Å². The van der Waals surface area contributed by atoms with Gasteiger partial charge in [-0.1, -0.05) is 0 Å². The van der Waals surface area contributed by atoms with Gasteiger partial charge in [-0.25, -0.2) is 8.42 Å². The summed E-state index contributed by atoms with van der Waals surface area (Å²) < 4.78 is 28.6. The summed E-state index contributed by atoms with van der Waals surface area (Å²) in [5.41, 5.74) is 0.763. The van der Waals surface area contributed by atoms with Crippen molar-refractivity contribution < 1.29 is 17.9 Å². The number of aromatic nitrogens is 3. The number of nitrogens with zero attached hydrogens (tertiary/aromatic N) is 2. The summed E-state index contributed by atoms with van der Waals surface area (Å²) in [6.07, 6.45) is 1.81. The molecule has 1 aliphatic carbocycles. The van der Waals surface area contributed by atoms with Gasteiger partial charge < -0.3 is 4.74 Å². The molecule has 140 valence electrons. The third-order valence-corrected chi connectivity index (χ3v) is 7.20. The Hall–Kier alpha value is -2.42. The van der Waals surface area contributed by atoms with Gasteiger partial charge in [-0.2, -0.15) is 4.98 Å². The lowest BCUT2D eigenvalue weighted by atomic mass is 10.2. The maximum atomic E-state index is 12.5. The van der Waals surface area contributed by atoms with Crippen molar-refractivity contribution >= 4 is 21.7 Å². The number of aromatic amines is 1. The van der Waals surface area contributed by atoms with Crippen LogP contribution >= 0.6 is 0 Å². The van der Waals surface area contributed by atoms with Gasteiger partial charge in [0.1, 0.15) is 10.5 Å². The minimum absolute atomic E-state index is 0.0375. The number of ether oxygens (including phenoxy) is 1. The molecule has 0 aliphatic heterocycles. The van der Waals surface area contributed by atoms with Crippen molar-refractivity contribution in [3.63, 3.8) is 0 Å². The number of hydrogen-bond acceptors (Lipinski definition) is 6. The largest absolute Gasteiger partial charge is 0.497 e. The first-order chi connectivity index (χ1) is 12.2. The van der Waals surface area contributed by atoms with Crippen molar-refractivity contribution in [3.05, 3.63) is 24.3 Å². The number of benzene rings is 1. The fourth-order valence-corrected chi connectivity index (χ4v) is 4.10. The molecule has 2 N–H and O–H groups in total. The fourth-order valence-electron chi connectivity index (χ4n) is 2.39. The normalized spacial score (nSPS) is 14.9. The predicted octanol–water partition coefficient (Wildman–Crippen LogP) is 2.02. The molecule has 1 heterocycles. The van der Waals surface area contributed by atoms with E-state index >= 15 is 0 Å². The van der Waals surface area contributed by atoms with Gasteiger partial charge in [-0.3, -0.25) is 15.2 Å². The maximum absolute atomic E-state index is 12.5. The molecule has 0 saturated heterocycles. The summed E-state index contributed by atoms with van der Waals surface area (Å²) in [6, 6.07) is 7.16. The lowest BCUT2D eigenvalue weighted by molar-refractivity contribution is -0.117. The lowest BCUT2D eigenvalue weighted by Gasteiger charge is -2.22. The van der Waals surface area contributed by atoms with Gasteiger partial charge in [0.05, 0.1) is 12.9 Å². The second-order valence-electron chi connectivity index (χ2n) is 6.93. The number of carbonyl (C=O) groups excluding carboxylic acids is 1. The zero-order valence-electron chi connectivity index (χ0n) is 14.9. The Bertz CT molecular complexity index is 899. The zero-order chi connectivity index (χ0) is 18.9. The Morgan fingerprint density at radius 3 is 2.54 bits per heavy atom. The summed E-state index contributed by atoms with van der Waals surface area (Å²) in [6.45, 7) is 2.83. The van der Waals surface area contributed by atoms with E-state index < -0.39 is 20.5 Å². The highest BCUT2D eigenvalue weighted by atomic mass is 32.2. The summed E-state index contributed by atoms with van der Waals surface area (Å²) >= 11 is 0. The molecule has 0 unspecified atom stereocenters. The van der Waals surface area contributed by atoms with Gasteiger partial charge in [0.25, 0.3) is 0 Å². The first-order valence-corrected chi connectivity index (χ1v) is 9.99. The third kappa shape index (κ3) is 3.72. The van der Waals surface area contributed by atoms with Crippen LogP contribution in [-0.2, 0) is 14.6 Å². The molecule has 0 bridgehead atoms. The van der Waals surface area contributed by atoms with E-state index in [1.165, 1.54) is 13.8 Å². The second kappa shape index (κ2) is 6.71. The molecule has 0 radical (unpaired) electrons. The van der Waals surface area contributed by atoms with Gasteiger partial charge in [0, 0.05) is 5.56 Å². The lowest BCUT2D eigenvalue weighted by Crippen LogP contribution is -2.46. The SMILES string of the molecule is COc1ccc(-c2nc(NC(=O)C(C)(C)S(=O)(=O)CC3CC3)n[nH]2)cc1. The summed E-state index contributed by atoms with van der Waals surface area (Å²) in [7, 11) is -1.98. The summed E-state index contributed by atoms with van der Waals surface area (Å²) in [5, 5.41) is 9.18. The average Bonchev–Trinajstić information content (AvgIpc) is 3.28. The van der Waals surface area contributed by atoms with E-state index in [9.17, 15) is 13.2 Å². The van der Waals surface area contributed by atoms with Crippen LogP contribution in [0.1, 0.15) is 26.7 Å². The summed E-state index contributed by atoms with van der Waals surface area (Å²) in [4.78, 5) is 16.7. The molecule has 1 saturated carbocycles. The van der Waals surface area contributed by atoms with Crippen LogP contribution in [0.25, 0.3) is 11.4 Å². The molecule has 9 heteroatoms. The highest BCUT2D eigenvalue weighted by Crippen LogP contribution is 2.34. The highest BCUT2D eigenvalue weighted by molar-refractivity contribution is 7.93. The van der Waals surface area contributed by atoms with Crippen LogP contribution in [0.3, 0.4) is 0 Å². The van der Waals surface area contributed by atoms with Crippen LogP contribution in [0.15, 0.2) is 24.3 Å². The van der Waals surface area contributed by atoms with E-state index in [1.54, 1.807) is 31.4 Å². The third-order valence-electron chi connectivity index (χ3n) is 4.55. The molecule has 8 nitrogen and oxygen atoms in total. The fraction of sp³-hybridized carbons (Fsp3) is 0.471. The van der Waals surface area contributed by atoms with Crippen molar-refractivity contribution in [2.75, 3.05) is 18.2 Å². The van der Waals surface area contributed by atoms with Crippen LogP contribution in [0, 0.1) is 5.92 Å². The quantitative estimate of drug-likeness (QED) is 0.762. The second-order valence-corrected chi connectivity index (χ2v) is 9.51. The number of hydrogen-bond donors (Lipinski definition) is 2. The van der Waals surface area contributed by atoms with Gasteiger partial charge >= 0.3 is 0 Å². The number of rotatable bonds is 7. The van der Waals surface area contributed by atoms with E-state index in [2.05, 4.69) is 20.5 Å². The van der Waals surface area contributed by atoms with Crippen molar-refractivity contribution in [2.24, 2.45) is 5.92 Å². The maximum Gasteiger partial charge on any atom is 0.249 e. The standard InChI is InChI=1S/C17H22N4O4S/c1-17(2,26(23,24)10-11-4-5-11)15(22)19-16-18-14(20-21-16)12-6-8-13(25-3)9-7-12/h6-9,11H,4-5,10H2,1-3H3,(H2,18,19,20,21,22). The molecular formula is C17H22N4O4S. The van der Waals surface area contributed by atoms with Crippen molar-refractivity contribution in [3.8, 4) is 17.1 Å². The number of sulfone groups is 1. The number of nitrogens with one attached hydrogen (secondary N) is 2. The first-order valence-electron chi connectivity index (χ1n) is 8.33. The van der Waals surface area contributed by atoms with E-state index in [1.807, 2.05) is 0 Å². The van der Waals surface area contributed by atoms with Gasteiger partial charge in [-0.15, -0.1) is 5.10 Å². The molecule has 1 fully saturated rings. The van der Waals surface area contributed by atoms with Crippen LogP contribution in [-0.4, -0.2) is 47.1 Å². The van der Waals surface area contributed by atoms with Crippen LogP contribution in [0.4, 0.5) is 5.95 Å². The minimum Gasteiger partial charge on any atom is -0.497 e. The number of H-pyrrole nitrogens is 1. The van der Waals surface area contributed by atoms with E-state index in [0.29, 0.717) is 11.6 Å². The molecule has 1 aliphatic rings. The predicted molar refractivity (Wildman–Crippen MR) is 97.6 cm³/mol. The van der Waals surface area contributed by atoms with E-state index in [0.717, 1.165) is 18.4 Å². The molecular weight excluding hydrogens is 356 g/mol. The number of carbonyl (C=O) groups is 1. The molecule has 0 spiro atoms. The van der Waals surface area contributed by atoms with Crippen LogP contribution in [0.2, 0.25) is 0 Å². The topological polar surface area (TPSA) is 114 Å². The minimum atomic E-state index is -3.56. The van der Waals surface area contributed by atoms with Crippen LogP contribution < -0.4 is 10.1 Å². The molecule has 0 atom stereocenters. The number of anilines is 1. The molecule has 1 amide bonds. The van der Waals surface area contributed by atoms with Gasteiger partial charge in [0.15, 0.2) is 15.7 Å². The van der Waals surface area contributed by atoms with Crippen LogP contribution in [0.5, 0.6) is 5.75 Å². The van der Waals surface area contributed by atoms with E-state index in [-0.39, 0.29) is 17.6 Å².